The quantitative estimate of drug-likeness (QED) is 0.584. The second kappa shape index (κ2) is 9.00. The summed E-state index contributed by atoms with van der Waals surface area (Å²) in [6.45, 7) is 9.11. The van der Waals surface area contributed by atoms with Crippen molar-refractivity contribution in [1.29, 1.82) is 0 Å². The van der Waals surface area contributed by atoms with Gasteiger partial charge in [0.15, 0.2) is 0 Å². The monoisotopic (exact) mass is 200 g/mol. The fraction of sp³-hybridized carbons (Fsp3) is 0.909. The van der Waals surface area contributed by atoms with Gasteiger partial charge in [0.2, 0.25) is 5.91 Å². The molecule has 14 heavy (non-hydrogen) atoms. The van der Waals surface area contributed by atoms with E-state index in [-0.39, 0.29) is 5.91 Å². The molecule has 0 aromatic carbocycles. The molecular formula is C11H24N2O. The van der Waals surface area contributed by atoms with Crippen molar-refractivity contribution in [2.75, 3.05) is 19.6 Å². The van der Waals surface area contributed by atoms with Gasteiger partial charge >= 0.3 is 0 Å². The Labute approximate surface area is 87.6 Å². The van der Waals surface area contributed by atoms with Crippen LogP contribution in [0.15, 0.2) is 0 Å². The lowest BCUT2D eigenvalue weighted by Crippen LogP contribution is -2.32. The Morgan fingerprint density at radius 1 is 1.21 bits per heavy atom. The summed E-state index contributed by atoms with van der Waals surface area (Å²) < 4.78 is 0. The molecule has 0 unspecified atom stereocenters. The van der Waals surface area contributed by atoms with Crippen LogP contribution >= 0.6 is 0 Å². The first-order chi connectivity index (χ1) is 6.66. The van der Waals surface area contributed by atoms with E-state index in [4.69, 9.17) is 0 Å². The Morgan fingerprint density at radius 2 is 1.93 bits per heavy atom. The van der Waals surface area contributed by atoms with Crippen molar-refractivity contribution in [2.45, 2.75) is 40.0 Å². The highest BCUT2D eigenvalue weighted by molar-refractivity contribution is 5.75. The molecule has 84 valence electrons. The predicted octanol–water partition coefficient (Wildman–Crippen LogP) is 1.54. The number of hydrogen-bond donors (Lipinski definition) is 2. The van der Waals surface area contributed by atoms with Gasteiger partial charge in [-0.05, 0) is 25.3 Å². The highest BCUT2D eigenvalue weighted by Crippen LogP contribution is 1.95. The van der Waals surface area contributed by atoms with Crippen molar-refractivity contribution in [3.8, 4) is 0 Å². The van der Waals surface area contributed by atoms with E-state index in [2.05, 4.69) is 24.5 Å². The number of carbonyl (C=O) groups excluding carboxylic acids is 1. The van der Waals surface area contributed by atoms with Gasteiger partial charge in [0.1, 0.15) is 0 Å². The van der Waals surface area contributed by atoms with Crippen LogP contribution < -0.4 is 10.6 Å². The molecule has 2 N–H and O–H groups in total. The number of rotatable bonds is 8. The molecule has 0 spiro atoms. The Kier molecular flexibility index (Phi) is 8.64. The molecule has 0 rings (SSSR count). The summed E-state index contributed by atoms with van der Waals surface area (Å²) in [5.41, 5.74) is 0. The summed E-state index contributed by atoms with van der Waals surface area (Å²) in [5.74, 6) is 0.912. The molecule has 3 nitrogen and oxygen atoms in total. The summed E-state index contributed by atoms with van der Waals surface area (Å²) >= 11 is 0. The lowest BCUT2D eigenvalue weighted by Gasteiger charge is -2.07. The van der Waals surface area contributed by atoms with E-state index in [1.165, 1.54) is 6.42 Å². The normalized spacial score (nSPS) is 10.6. The van der Waals surface area contributed by atoms with Crippen LogP contribution in [-0.2, 0) is 4.79 Å². The largest absolute Gasteiger partial charge is 0.355 e. The van der Waals surface area contributed by atoms with Crippen LogP contribution in [0.25, 0.3) is 0 Å². The van der Waals surface area contributed by atoms with Crippen molar-refractivity contribution in [3.05, 3.63) is 0 Å². The maximum atomic E-state index is 11.0. The van der Waals surface area contributed by atoms with E-state index >= 15 is 0 Å². The van der Waals surface area contributed by atoms with Gasteiger partial charge in [0.25, 0.3) is 0 Å². The van der Waals surface area contributed by atoms with Gasteiger partial charge in [-0.15, -0.1) is 0 Å². The minimum atomic E-state index is 0.165. The first-order valence-electron chi connectivity index (χ1n) is 5.64. The van der Waals surface area contributed by atoms with Crippen molar-refractivity contribution in [1.82, 2.24) is 10.6 Å². The third-order valence-electron chi connectivity index (χ3n) is 2.00. The molecule has 0 saturated heterocycles. The van der Waals surface area contributed by atoms with Gasteiger partial charge in [-0.3, -0.25) is 4.79 Å². The molecule has 0 aliphatic rings. The summed E-state index contributed by atoms with van der Waals surface area (Å²) in [5, 5.41) is 6.17. The zero-order valence-electron chi connectivity index (χ0n) is 9.73. The molecule has 0 bridgehead atoms. The van der Waals surface area contributed by atoms with Crippen LogP contribution in [-0.4, -0.2) is 25.5 Å². The van der Waals surface area contributed by atoms with E-state index in [0.29, 0.717) is 6.42 Å². The molecule has 0 aliphatic heterocycles. The van der Waals surface area contributed by atoms with Crippen molar-refractivity contribution >= 4 is 5.91 Å². The maximum Gasteiger partial charge on any atom is 0.220 e. The Hall–Kier alpha value is -0.570. The zero-order chi connectivity index (χ0) is 10.8. The van der Waals surface area contributed by atoms with Crippen molar-refractivity contribution in [3.63, 3.8) is 0 Å². The fourth-order valence-corrected chi connectivity index (χ4v) is 1.12. The molecule has 0 aromatic heterocycles. The van der Waals surface area contributed by atoms with Crippen molar-refractivity contribution in [2.24, 2.45) is 5.92 Å². The second-order valence-electron chi connectivity index (χ2n) is 4.03. The number of carbonyl (C=O) groups is 1. The average molecular weight is 200 g/mol. The zero-order valence-corrected chi connectivity index (χ0v) is 9.73. The fourth-order valence-electron chi connectivity index (χ4n) is 1.12. The molecular weight excluding hydrogens is 176 g/mol. The highest BCUT2D eigenvalue weighted by Gasteiger charge is 1.97. The molecule has 0 fully saturated rings. The molecule has 0 heterocycles. The molecule has 0 atom stereocenters. The van der Waals surface area contributed by atoms with Crippen LogP contribution in [0, 0.1) is 5.92 Å². The lowest BCUT2D eigenvalue weighted by molar-refractivity contribution is -0.121. The maximum absolute atomic E-state index is 11.0. The Bertz CT molecular complexity index is 146. The van der Waals surface area contributed by atoms with Crippen LogP contribution in [0.5, 0.6) is 0 Å². The average Bonchev–Trinajstić information content (AvgIpc) is 2.11. The van der Waals surface area contributed by atoms with E-state index < -0.39 is 0 Å². The first kappa shape index (κ1) is 13.4. The van der Waals surface area contributed by atoms with Gasteiger partial charge in [-0.1, -0.05) is 20.8 Å². The van der Waals surface area contributed by atoms with Gasteiger partial charge in [-0.2, -0.15) is 0 Å². The first-order valence-corrected chi connectivity index (χ1v) is 5.64. The minimum Gasteiger partial charge on any atom is -0.355 e. The molecule has 0 aliphatic carbocycles. The molecule has 0 aromatic rings. The van der Waals surface area contributed by atoms with Gasteiger partial charge in [0, 0.05) is 19.5 Å². The summed E-state index contributed by atoms with van der Waals surface area (Å²) in [4.78, 5) is 11.0. The van der Waals surface area contributed by atoms with Crippen LogP contribution in [0.4, 0.5) is 0 Å². The van der Waals surface area contributed by atoms with E-state index in [9.17, 15) is 4.79 Å². The van der Waals surface area contributed by atoms with Crippen molar-refractivity contribution < 1.29 is 4.79 Å². The van der Waals surface area contributed by atoms with Crippen LogP contribution in [0.2, 0.25) is 0 Å². The highest BCUT2D eigenvalue weighted by atomic mass is 16.1. The predicted molar refractivity (Wildman–Crippen MR) is 60.2 cm³/mol. The third kappa shape index (κ3) is 9.52. The summed E-state index contributed by atoms with van der Waals surface area (Å²) in [6, 6.07) is 0. The molecule has 3 heteroatoms. The van der Waals surface area contributed by atoms with Gasteiger partial charge < -0.3 is 10.6 Å². The summed E-state index contributed by atoms with van der Waals surface area (Å²) in [7, 11) is 0. The SMILES string of the molecule is CCCC(=O)NCCNCCC(C)C. The summed E-state index contributed by atoms with van der Waals surface area (Å²) in [6.07, 6.45) is 2.77. The van der Waals surface area contributed by atoms with Gasteiger partial charge in [0.05, 0.1) is 0 Å². The van der Waals surface area contributed by atoms with E-state index in [1.54, 1.807) is 0 Å². The number of nitrogens with one attached hydrogen (secondary N) is 2. The number of amides is 1. The lowest BCUT2D eigenvalue weighted by atomic mass is 10.1. The third-order valence-corrected chi connectivity index (χ3v) is 2.00. The van der Waals surface area contributed by atoms with E-state index in [1.807, 2.05) is 6.92 Å². The van der Waals surface area contributed by atoms with Crippen LogP contribution in [0.3, 0.4) is 0 Å². The molecule has 0 saturated carbocycles. The smallest absolute Gasteiger partial charge is 0.220 e. The minimum absolute atomic E-state index is 0.165. The molecule has 1 amide bonds. The van der Waals surface area contributed by atoms with Crippen LogP contribution in [0.1, 0.15) is 40.0 Å². The van der Waals surface area contributed by atoms with E-state index in [0.717, 1.165) is 32.0 Å². The Morgan fingerprint density at radius 3 is 2.50 bits per heavy atom. The second-order valence-corrected chi connectivity index (χ2v) is 4.03. The standard InChI is InChI=1S/C11H24N2O/c1-4-5-11(14)13-9-8-12-7-6-10(2)3/h10,12H,4-9H2,1-3H3,(H,13,14). The number of hydrogen-bond acceptors (Lipinski definition) is 2. The topological polar surface area (TPSA) is 41.1 Å². The van der Waals surface area contributed by atoms with Gasteiger partial charge in [-0.25, -0.2) is 0 Å². The Balaban J connectivity index is 3.09. The molecule has 0 radical (unpaired) electrons.